The Hall–Kier alpha value is -2.06. The van der Waals surface area contributed by atoms with Crippen LogP contribution in [0.2, 0.25) is 0 Å². The van der Waals surface area contributed by atoms with Gasteiger partial charge >= 0.3 is 0 Å². The molecule has 0 radical (unpaired) electrons. The van der Waals surface area contributed by atoms with E-state index >= 15 is 0 Å². The van der Waals surface area contributed by atoms with Gasteiger partial charge in [0.25, 0.3) is 10.0 Å². The number of sulfonamides is 2. The summed E-state index contributed by atoms with van der Waals surface area (Å²) in [5, 5.41) is 0. The SMILES string of the molecule is Cc1ccc(NS(=O)(=O)c2ccc(N3CCCCS3(=O)=O)cc2C)cc1C. The molecule has 1 aliphatic heterocycles. The molecule has 0 bridgehead atoms. The topological polar surface area (TPSA) is 83.6 Å². The summed E-state index contributed by atoms with van der Waals surface area (Å²) in [6.07, 6.45) is 1.46. The molecule has 27 heavy (non-hydrogen) atoms. The van der Waals surface area contributed by atoms with Gasteiger partial charge in [0, 0.05) is 12.2 Å². The van der Waals surface area contributed by atoms with Crippen molar-refractivity contribution in [2.75, 3.05) is 21.3 Å². The van der Waals surface area contributed by atoms with E-state index in [-0.39, 0.29) is 10.6 Å². The van der Waals surface area contributed by atoms with E-state index in [9.17, 15) is 16.8 Å². The molecular weight excluding hydrogens is 384 g/mol. The summed E-state index contributed by atoms with van der Waals surface area (Å²) in [7, 11) is -7.10. The number of anilines is 2. The summed E-state index contributed by atoms with van der Waals surface area (Å²) in [4.78, 5) is 0.138. The molecule has 0 saturated carbocycles. The van der Waals surface area contributed by atoms with Crippen molar-refractivity contribution in [2.45, 2.75) is 38.5 Å². The molecule has 2 aromatic rings. The maximum atomic E-state index is 12.8. The Morgan fingerprint density at radius 3 is 2.30 bits per heavy atom. The third-order valence-electron chi connectivity index (χ3n) is 4.84. The van der Waals surface area contributed by atoms with Gasteiger partial charge in [0.1, 0.15) is 0 Å². The number of nitrogens with zero attached hydrogens (tertiary/aromatic N) is 1. The normalized spacial score (nSPS) is 16.9. The summed E-state index contributed by atoms with van der Waals surface area (Å²) in [5.41, 5.74) is 3.60. The van der Waals surface area contributed by atoms with Crippen molar-refractivity contribution in [3.8, 4) is 0 Å². The van der Waals surface area contributed by atoms with Crippen molar-refractivity contribution in [2.24, 2.45) is 0 Å². The standard InChI is InChI=1S/C19H24N2O4S2/c1-14-6-7-17(12-15(14)2)20-27(24,25)19-9-8-18(13-16(19)3)21-10-4-5-11-26(21,22)23/h6-9,12-13,20H,4-5,10-11H2,1-3H3. The van der Waals surface area contributed by atoms with Gasteiger partial charge in [-0.25, -0.2) is 16.8 Å². The molecule has 6 nitrogen and oxygen atoms in total. The largest absolute Gasteiger partial charge is 0.280 e. The van der Waals surface area contributed by atoms with E-state index in [2.05, 4.69) is 4.72 Å². The smallest absolute Gasteiger partial charge is 0.262 e. The van der Waals surface area contributed by atoms with Gasteiger partial charge in [0.2, 0.25) is 10.0 Å². The molecule has 0 aromatic heterocycles. The Balaban J connectivity index is 1.91. The first-order chi connectivity index (χ1) is 12.6. The fourth-order valence-corrected chi connectivity index (χ4v) is 6.09. The van der Waals surface area contributed by atoms with Gasteiger partial charge < -0.3 is 0 Å². The third-order valence-corrected chi connectivity index (χ3v) is 8.26. The van der Waals surface area contributed by atoms with Gasteiger partial charge in [-0.2, -0.15) is 0 Å². The van der Waals surface area contributed by atoms with Crippen LogP contribution in [0.25, 0.3) is 0 Å². The van der Waals surface area contributed by atoms with E-state index in [4.69, 9.17) is 0 Å². The number of hydrogen-bond acceptors (Lipinski definition) is 4. The third kappa shape index (κ3) is 4.11. The number of rotatable bonds is 4. The van der Waals surface area contributed by atoms with Crippen LogP contribution in [0.3, 0.4) is 0 Å². The van der Waals surface area contributed by atoms with Gasteiger partial charge in [-0.15, -0.1) is 0 Å². The van der Waals surface area contributed by atoms with E-state index in [0.29, 0.717) is 29.9 Å². The van der Waals surface area contributed by atoms with Gasteiger partial charge in [0.15, 0.2) is 0 Å². The van der Waals surface area contributed by atoms with Crippen molar-refractivity contribution in [1.82, 2.24) is 0 Å². The van der Waals surface area contributed by atoms with E-state index in [1.165, 1.54) is 10.4 Å². The Morgan fingerprint density at radius 2 is 1.67 bits per heavy atom. The highest BCUT2D eigenvalue weighted by Gasteiger charge is 2.27. The molecule has 0 aliphatic carbocycles. The van der Waals surface area contributed by atoms with Crippen LogP contribution < -0.4 is 9.03 Å². The zero-order valence-corrected chi connectivity index (χ0v) is 17.3. The number of benzene rings is 2. The summed E-state index contributed by atoms with van der Waals surface area (Å²) in [6, 6.07) is 10.0. The molecule has 1 saturated heterocycles. The van der Waals surface area contributed by atoms with Crippen molar-refractivity contribution in [3.05, 3.63) is 53.1 Å². The van der Waals surface area contributed by atoms with Gasteiger partial charge in [-0.1, -0.05) is 6.07 Å². The zero-order valence-electron chi connectivity index (χ0n) is 15.7. The Bertz CT molecular complexity index is 1080. The number of aryl methyl sites for hydroxylation is 3. The van der Waals surface area contributed by atoms with Gasteiger partial charge in [-0.3, -0.25) is 9.03 Å². The summed E-state index contributed by atoms with van der Waals surface area (Å²) in [6.45, 7) is 5.99. The van der Waals surface area contributed by atoms with Gasteiger partial charge in [-0.05, 0) is 80.6 Å². The molecule has 0 atom stereocenters. The lowest BCUT2D eigenvalue weighted by molar-refractivity contribution is 0.574. The van der Waals surface area contributed by atoms with E-state index in [0.717, 1.165) is 17.5 Å². The predicted molar refractivity (Wildman–Crippen MR) is 108 cm³/mol. The zero-order chi connectivity index (χ0) is 19.8. The second-order valence-corrected chi connectivity index (χ2v) is 10.6. The second kappa shape index (κ2) is 7.16. The molecule has 1 aliphatic rings. The molecule has 0 amide bonds. The monoisotopic (exact) mass is 408 g/mol. The van der Waals surface area contributed by atoms with Crippen LogP contribution in [0.15, 0.2) is 41.3 Å². The molecule has 1 N–H and O–H groups in total. The van der Waals surface area contributed by atoms with Crippen molar-refractivity contribution in [1.29, 1.82) is 0 Å². The highest BCUT2D eigenvalue weighted by atomic mass is 32.2. The highest BCUT2D eigenvalue weighted by Crippen LogP contribution is 2.28. The molecule has 8 heteroatoms. The first-order valence-corrected chi connectivity index (χ1v) is 11.9. The molecule has 0 unspecified atom stereocenters. The molecule has 146 valence electrons. The van der Waals surface area contributed by atoms with Crippen LogP contribution in [0.1, 0.15) is 29.5 Å². The lowest BCUT2D eigenvalue weighted by Crippen LogP contribution is -2.37. The van der Waals surface area contributed by atoms with Crippen LogP contribution in [0, 0.1) is 20.8 Å². The van der Waals surface area contributed by atoms with Crippen molar-refractivity contribution in [3.63, 3.8) is 0 Å². The average Bonchev–Trinajstić information content (AvgIpc) is 2.57. The number of nitrogens with one attached hydrogen (secondary N) is 1. The molecule has 1 heterocycles. The molecular formula is C19H24N2O4S2. The van der Waals surface area contributed by atoms with Crippen molar-refractivity contribution < 1.29 is 16.8 Å². The summed E-state index contributed by atoms with van der Waals surface area (Å²) >= 11 is 0. The minimum atomic E-state index is -3.77. The molecule has 0 spiro atoms. The fraction of sp³-hybridized carbons (Fsp3) is 0.368. The molecule has 1 fully saturated rings. The minimum absolute atomic E-state index is 0.125. The first kappa shape index (κ1) is 19.7. The van der Waals surface area contributed by atoms with Crippen LogP contribution in [-0.2, 0) is 20.0 Å². The molecule has 2 aromatic carbocycles. The second-order valence-electron chi connectivity index (χ2n) is 6.95. The lowest BCUT2D eigenvalue weighted by Gasteiger charge is -2.28. The maximum absolute atomic E-state index is 12.8. The average molecular weight is 409 g/mol. The highest BCUT2D eigenvalue weighted by molar-refractivity contribution is 7.93. The molecule has 3 rings (SSSR count). The number of hydrogen-bond donors (Lipinski definition) is 1. The quantitative estimate of drug-likeness (QED) is 0.841. The fourth-order valence-electron chi connectivity index (χ4n) is 3.18. The Labute approximate surface area is 161 Å². The predicted octanol–water partition coefficient (Wildman–Crippen LogP) is 3.34. The summed E-state index contributed by atoms with van der Waals surface area (Å²) in [5.74, 6) is 0.125. The summed E-state index contributed by atoms with van der Waals surface area (Å²) < 4.78 is 54.1. The van der Waals surface area contributed by atoms with E-state index in [1.807, 2.05) is 19.9 Å². The van der Waals surface area contributed by atoms with E-state index < -0.39 is 20.0 Å². The maximum Gasteiger partial charge on any atom is 0.262 e. The first-order valence-electron chi connectivity index (χ1n) is 8.81. The van der Waals surface area contributed by atoms with Crippen LogP contribution in [0.5, 0.6) is 0 Å². The van der Waals surface area contributed by atoms with Crippen LogP contribution >= 0.6 is 0 Å². The lowest BCUT2D eigenvalue weighted by atomic mass is 10.1. The van der Waals surface area contributed by atoms with Crippen molar-refractivity contribution >= 4 is 31.4 Å². The Morgan fingerprint density at radius 1 is 0.926 bits per heavy atom. The van der Waals surface area contributed by atoms with E-state index in [1.54, 1.807) is 31.2 Å². The Kier molecular flexibility index (Phi) is 5.22. The van der Waals surface area contributed by atoms with Crippen LogP contribution in [-0.4, -0.2) is 29.1 Å². The van der Waals surface area contributed by atoms with Crippen LogP contribution in [0.4, 0.5) is 11.4 Å². The minimum Gasteiger partial charge on any atom is -0.280 e. The van der Waals surface area contributed by atoms with Gasteiger partial charge in [0.05, 0.1) is 16.3 Å².